The van der Waals surface area contributed by atoms with Gasteiger partial charge in [-0.2, -0.15) is 17.7 Å². The van der Waals surface area contributed by atoms with Crippen LogP contribution < -0.4 is 30.7 Å². The number of allylic oxidation sites excluding steroid dienone is 1. The summed E-state index contributed by atoms with van der Waals surface area (Å²) in [5.74, 6) is -2.62. The zero-order valence-corrected chi connectivity index (χ0v) is 36.5. The second-order valence-electron chi connectivity index (χ2n) is 17.2. The fraction of sp³-hybridized carbons (Fsp3) is 0.524. The Hall–Kier alpha value is -5.69. The average molecular weight is 864 g/mol. The zero-order chi connectivity index (χ0) is 44.3. The van der Waals surface area contributed by atoms with Gasteiger partial charge in [-0.3, -0.25) is 19.0 Å². The van der Waals surface area contributed by atoms with E-state index in [4.69, 9.17) is 14.5 Å². The van der Waals surface area contributed by atoms with E-state index >= 15 is 0 Å². The minimum Gasteiger partial charge on any atom is -0.459 e. The van der Waals surface area contributed by atoms with Crippen molar-refractivity contribution in [2.24, 2.45) is 5.92 Å². The highest BCUT2D eigenvalue weighted by Crippen LogP contribution is 2.46. The summed E-state index contributed by atoms with van der Waals surface area (Å²) in [6.45, 7) is 8.94. The molecule has 0 bridgehead atoms. The Morgan fingerprint density at radius 2 is 1.74 bits per heavy atom. The number of anilines is 2. The molecule has 3 aromatic rings. The number of carbonyl (C=O) groups excluding carboxylic acids is 5. The number of carbonyl (C=O) groups is 5. The zero-order valence-electron chi connectivity index (χ0n) is 35.7. The molecule has 0 unspecified atom stereocenters. The molecule has 0 spiro atoms. The molecule has 61 heavy (non-hydrogen) atoms. The van der Waals surface area contributed by atoms with Crippen LogP contribution in [0.4, 0.5) is 21.0 Å². The minimum atomic E-state index is -4.20. The summed E-state index contributed by atoms with van der Waals surface area (Å²) < 4.78 is 42.5. The van der Waals surface area contributed by atoms with Crippen LogP contribution in [0.3, 0.4) is 0 Å². The Bertz CT molecular complexity index is 2270. The first-order valence-electron chi connectivity index (χ1n) is 20.6. The number of nitrogens with one attached hydrogen (secondary N) is 5. The van der Waals surface area contributed by atoms with Crippen LogP contribution in [-0.2, 0) is 29.3 Å². The van der Waals surface area contributed by atoms with Gasteiger partial charge in [-0.15, -0.1) is 0 Å². The van der Waals surface area contributed by atoms with Crippen LogP contribution >= 0.6 is 0 Å². The summed E-state index contributed by atoms with van der Waals surface area (Å²) in [5, 5.41) is 11.3. The SMILES string of the molecule is CC(C)n1c(O[C@@H]2C[C@H]3C(=O)N[C@]4(C(=O)NS(=O)(=O)N(C)C)C[C@H]4C=CCCCCC[C@H](NC(=O)OC(C)(C)C)C(=O)N3C2)nc2c(NC(=O)Nc3ccccc3)cccc21. The van der Waals surface area contributed by atoms with Crippen LogP contribution in [0.1, 0.15) is 85.6 Å². The Balaban J connectivity index is 1.33. The number of para-hydroxylation sites is 2. The van der Waals surface area contributed by atoms with E-state index in [1.807, 2.05) is 54.8 Å². The monoisotopic (exact) mass is 863 g/mol. The van der Waals surface area contributed by atoms with E-state index in [0.717, 1.165) is 17.1 Å². The lowest BCUT2D eigenvalue weighted by Gasteiger charge is -2.30. The van der Waals surface area contributed by atoms with Gasteiger partial charge in [0.2, 0.25) is 11.8 Å². The number of hydrogen-bond donors (Lipinski definition) is 5. The van der Waals surface area contributed by atoms with Crippen molar-refractivity contribution in [3.63, 3.8) is 0 Å². The number of ether oxygens (including phenoxy) is 2. The van der Waals surface area contributed by atoms with Gasteiger partial charge >= 0.3 is 22.3 Å². The van der Waals surface area contributed by atoms with E-state index in [0.29, 0.717) is 35.2 Å². The molecule has 2 fully saturated rings. The summed E-state index contributed by atoms with van der Waals surface area (Å²) >= 11 is 0. The Morgan fingerprint density at radius 3 is 2.43 bits per heavy atom. The third-order valence-electron chi connectivity index (χ3n) is 10.8. The molecule has 6 amide bonds. The van der Waals surface area contributed by atoms with Gasteiger partial charge in [0, 0.05) is 38.2 Å². The molecule has 6 rings (SSSR count). The third-order valence-corrected chi connectivity index (χ3v) is 12.2. The molecule has 2 aromatic carbocycles. The highest BCUT2D eigenvalue weighted by Gasteiger charge is 2.62. The second kappa shape index (κ2) is 18.1. The number of imidazole rings is 1. The lowest BCUT2D eigenvalue weighted by atomic mass is 10.0. The largest absolute Gasteiger partial charge is 0.459 e. The summed E-state index contributed by atoms with van der Waals surface area (Å²) in [5.41, 5.74) is -0.292. The van der Waals surface area contributed by atoms with Gasteiger partial charge in [0.15, 0.2) is 0 Å². The molecule has 3 heterocycles. The first kappa shape index (κ1) is 44.9. The maximum Gasteiger partial charge on any atom is 0.408 e. The maximum atomic E-state index is 14.6. The second-order valence-corrected chi connectivity index (χ2v) is 19.1. The third kappa shape index (κ3) is 10.6. The summed E-state index contributed by atoms with van der Waals surface area (Å²) in [4.78, 5) is 75.3. The molecule has 330 valence electrons. The normalized spacial score (nSPS) is 23.6. The molecule has 1 saturated carbocycles. The van der Waals surface area contributed by atoms with Crippen molar-refractivity contribution in [3.05, 3.63) is 60.7 Å². The van der Waals surface area contributed by atoms with Gasteiger partial charge in [-0.25, -0.2) is 14.3 Å². The molecule has 5 N–H and O–H groups in total. The maximum absolute atomic E-state index is 14.6. The van der Waals surface area contributed by atoms with Crippen molar-refractivity contribution in [3.8, 4) is 6.01 Å². The van der Waals surface area contributed by atoms with Crippen molar-refractivity contribution in [2.45, 2.75) is 115 Å². The summed E-state index contributed by atoms with van der Waals surface area (Å²) in [7, 11) is -1.64. The molecule has 2 aliphatic heterocycles. The van der Waals surface area contributed by atoms with E-state index in [1.54, 1.807) is 45.0 Å². The van der Waals surface area contributed by atoms with Crippen LogP contribution in [0.15, 0.2) is 60.7 Å². The molecule has 1 aromatic heterocycles. The predicted octanol–water partition coefficient (Wildman–Crippen LogP) is 4.82. The highest BCUT2D eigenvalue weighted by atomic mass is 32.2. The van der Waals surface area contributed by atoms with Crippen LogP contribution in [0.2, 0.25) is 0 Å². The molecule has 19 heteroatoms. The number of benzene rings is 2. The Kier molecular flexibility index (Phi) is 13.3. The number of alkyl carbamates (subject to hydrolysis) is 1. The van der Waals surface area contributed by atoms with Crippen LogP contribution in [-0.4, -0.2) is 107 Å². The van der Waals surface area contributed by atoms with Crippen molar-refractivity contribution >= 4 is 62.5 Å². The number of fused-ring (bicyclic) bond motifs is 3. The topological polar surface area (TPSA) is 222 Å². The fourth-order valence-electron chi connectivity index (χ4n) is 7.65. The average Bonchev–Trinajstić information content (AvgIpc) is 3.49. The quantitative estimate of drug-likeness (QED) is 0.185. The van der Waals surface area contributed by atoms with Gasteiger partial charge in [0.25, 0.3) is 11.9 Å². The van der Waals surface area contributed by atoms with E-state index in [9.17, 15) is 32.4 Å². The van der Waals surface area contributed by atoms with Crippen molar-refractivity contribution in [2.75, 3.05) is 31.3 Å². The standard InChI is InChI=1S/C42H57N9O9S/c1-26(2)51-32-22-16-21-30(44-38(55)43-28-18-13-11-14-19-28)34(32)46-39(51)59-29-23-33-35(52)47-42(37(54)48-61(57,58)49(6)7)24-27(42)17-12-9-8-10-15-20-31(36(53)50(33)25-29)45-40(56)60-41(3,4)5/h11-14,16-19,21-22,26-27,29,31,33H,8-10,15,20,23-25H2,1-7H3,(H,45,56)(H,47,52)(H,48,54)(H2,43,44,55)/t27-,29-,31+,33+,42-/m1/s1. The van der Waals surface area contributed by atoms with E-state index in [2.05, 4.69) is 26.0 Å². The molecule has 18 nitrogen and oxygen atoms in total. The first-order chi connectivity index (χ1) is 28.8. The van der Waals surface area contributed by atoms with Gasteiger partial charge in [0.05, 0.1) is 17.7 Å². The van der Waals surface area contributed by atoms with E-state index < -0.39 is 75.3 Å². The number of amides is 6. The van der Waals surface area contributed by atoms with Crippen LogP contribution in [0.25, 0.3) is 11.0 Å². The summed E-state index contributed by atoms with van der Waals surface area (Å²) in [6, 6.07) is 11.6. The van der Waals surface area contributed by atoms with Crippen LogP contribution in [0, 0.1) is 5.92 Å². The number of aromatic nitrogens is 2. The molecular formula is C42H57N9O9S. The Morgan fingerprint density at radius 1 is 1.00 bits per heavy atom. The smallest absolute Gasteiger partial charge is 0.408 e. The van der Waals surface area contributed by atoms with Crippen molar-refractivity contribution < 1.29 is 41.9 Å². The van der Waals surface area contributed by atoms with Gasteiger partial charge in [-0.05, 0) is 84.6 Å². The molecular weight excluding hydrogens is 807 g/mol. The highest BCUT2D eigenvalue weighted by molar-refractivity contribution is 7.87. The molecule has 1 saturated heterocycles. The predicted molar refractivity (Wildman–Crippen MR) is 229 cm³/mol. The lowest BCUT2D eigenvalue weighted by Crippen LogP contribution is -2.58. The van der Waals surface area contributed by atoms with E-state index in [1.165, 1.54) is 19.0 Å². The van der Waals surface area contributed by atoms with Crippen molar-refractivity contribution in [1.82, 2.24) is 34.1 Å². The number of hydrogen-bond acceptors (Lipinski definition) is 10. The minimum absolute atomic E-state index is 0.0309. The van der Waals surface area contributed by atoms with Gasteiger partial charge in [-0.1, -0.05) is 49.3 Å². The number of nitrogens with zero attached hydrogens (tertiary/aromatic N) is 4. The Labute approximate surface area is 356 Å². The first-order valence-corrected chi connectivity index (χ1v) is 22.1. The molecule has 1 aliphatic carbocycles. The molecule has 3 aliphatic rings. The molecule has 5 atom stereocenters. The number of urea groups is 1. The van der Waals surface area contributed by atoms with Gasteiger partial charge < -0.3 is 35.6 Å². The summed E-state index contributed by atoms with van der Waals surface area (Å²) in [6.07, 6.45) is 5.25. The van der Waals surface area contributed by atoms with Gasteiger partial charge in [0.1, 0.15) is 34.8 Å². The lowest BCUT2D eigenvalue weighted by molar-refractivity contribution is -0.141. The van der Waals surface area contributed by atoms with Crippen LogP contribution in [0.5, 0.6) is 6.01 Å². The molecule has 0 radical (unpaired) electrons. The fourth-order valence-corrected chi connectivity index (χ4v) is 8.25. The van der Waals surface area contributed by atoms with Crippen molar-refractivity contribution in [1.29, 1.82) is 0 Å². The van der Waals surface area contributed by atoms with E-state index in [-0.39, 0.29) is 37.9 Å². The number of rotatable bonds is 9.